The monoisotopic (exact) mass is 296 g/mol. The van der Waals surface area contributed by atoms with Gasteiger partial charge in [0.1, 0.15) is 12.4 Å². The molecule has 0 bridgehead atoms. The van der Waals surface area contributed by atoms with E-state index in [0.717, 1.165) is 6.54 Å². The summed E-state index contributed by atoms with van der Waals surface area (Å²) in [5, 5.41) is 6.78. The molecule has 0 aliphatic carbocycles. The minimum Gasteiger partial charge on any atom is -0.483 e. The molecular weight excluding hydrogens is 278 g/mol. The van der Waals surface area contributed by atoms with Crippen molar-refractivity contribution in [2.45, 2.75) is 33.9 Å². The molecule has 0 saturated heterocycles. The molecule has 2 aromatic rings. The predicted molar refractivity (Wildman–Crippen MR) is 74.0 cm³/mol. The standard InChI is InChI=1S/C15H18F2N2O2/c1-4-18-7-11-5-13(16)15(14(17)6-11)20-8-12-9(2)19-21-10(12)3/h5-6,18H,4,7-8H2,1-3H3. The zero-order valence-electron chi connectivity index (χ0n) is 12.3. The molecule has 1 N–H and O–H groups in total. The number of aryl methyl sites for hydroxylation is 2. The third kappa shape index (κ3) is 3.58. The average molecular weight is 296 g/mol. The lowest BCUT2D eigenvalue weighted by Crippen LogP contribution is -2.12. The van der Waals surface area contributed by atoms with Gasteiger partial charge in [-0.3, -0.25) is 0 Å². The molecule has 21 heavy (non-hydrogen) atoms. The van der Waals surface area contributed by atoms with Crippen molar-refractivity contribution in [3.63, 3.8) is 0 Å². The summed E-state index contributed by atoms with van der Waals surface area (Å²) in [6.07, 6.45) is 0. The lowest BCUT2D eigenvalue weighted by molar-refractivity contribution is 0.270. The van der Waals surface area contributed by atoms with Gasteiger partial charge in [-0.25, -0.2) is 8.78 Å². The van der Waals surface area contributed by atoms with E-state index in [4.69, 9.17) is 9.26 Å². The topological polar surface area (TPSA) is 47.3 Å². The second kappa shape index (κ2) is 6.67. The third-order valence-electron chi connectivity index (χ3n) is 3.18. The maximum Gasteiger partial charge on any atom is 0.191 e. The first-order valence-electron chi connectivity index (χ1n) is 6.76. The molecule has 1 aromatic carbocycles. The molecule has 0 radical (unpaired) electrons. The van der Waals surface area contributed by atoms with Crippen molar-refractivity contribution in [3.8, 4) is 5.75 Å². The molecular formula is C15H18F2N2O2. The van der Waals surface area contributed by atoms with Crippen LogP contribution in [0.2, 0.25) is 0 Å². The molecule has 0 amide bonds. The van der Waals surface area contributed by atoms with Crippen molar-refractivity contribution in [2.24, 2.45) is 0 Å². The number of hydrogen-bond acceptors (Lipinski definition) is 4. The smallest absolute Gasteiger partial charge is 0.191 e. The van der Waals surface area contributed by atoms with Gasteiger partial charge in [0.05, 0.1) is 11.3 Å². The third-order valence-corrected chi connectivity index (χ3v) is 3.18. The summed E-state index contributed by atoms with van der Waals surface area (Å²) in [7, 11) is 0. The van der Waals surface area contributed by atoms with Crippen LogP contribution in [0.1, 0.15) is 29.5 Å². The van der Waals surface area contributed by atoms with E-state index in [9.17, 15) is 8.78 Å². The summed E-state index contributed by atoms with van der Waals surface area (Å²) in [5.74, 6) is -1.23. The molecule has 4 nitrogen and oxygen atoms in total. The first kappa shape index (κ1) is 15.4. The van der Waals surface area contributed by atoms with Gasteiger partial charge in [0.2, 0.25) is 0 Å². The van der Waals surface area contributed by atoms with Crippen LogP contribution in [0, 0.1) is 25.5 Å². The predicted octanol–water partition coefficient (Wildman–Crippen LogP) is 3.26. The summed E-state index contributed by atoms with van der Waals surface area (Å²) in [6.45, 7) is 6.56. The number of rotatable bonds is 6. The summed E-state index contributed by atoms with van der Waals surface area (Å²) in [6, 6.07) is 2.54. The fourth-order valence-corrected chi connectivity index (χ4v) is 1.97. The summed E-state index contributed by atoms with van der Waals surface area (Å²) in [4.78, 5) is 0. The molecule has 1 heterocycles. The van der Waals surface area contributed by atoms with Gasteiger partial charge in [0.25, 0.3) is 0 Å². The first-order chi connectivity index (χ1) is 10.0. The highest BCUT2D eigenvalue weighted by Crippen LogP contribution is 2.25. The Morgan fingerprint density at radius 1 is 1.24 bits per heavy atom. The maximum absolute atomic E-state index is 13.9. The van der Waals surface area contributed by atoms with Gasteiger partial charge in [0.15, 0.2) is 17.4 Å². The van der Waals surface area contributed by atoms with Crippen LogP contribution in [0.5, 0.6) is 5.75 Å². The molecule has 6 heteroatoms. The van der Waals surface area contributed by atoms with E-state index in [1.807, 2.05) is 6.92 Å². The van der Waals surface area contributed by atoms with E-state index in [1.54, 1.807) is 13.8 Å². The fourth-order valence-electron chi connectivity index (χ4n) is 1.97. The van der Waals surface area contributed by atoms with Gasteiger partial charge in [-0.05, 0) is 38.1 Å². The molecule has 114 valence electrons. The molecule has 0 unspecified atom stereocenters. The largest absolute Gasteiger partial charge is 0.483 e. The van der Waals surface area contributed by atoms with Gasteiger partial charge in [-0.2, -0.15) is 0 Å². The number of ether oxygens (including phenoxy) is 1. The van der Waals surface area contributed by atoms with E-state index in [0.29, 0.717) is 29.1 Å². The van der Waals surface area contributed by atoms with Gasteiger partial charge in [0, 0.05) is 6.54 Å². The van der Waals surface area contributed by atoms with Crippen LogP contribution in [0.3, 0.4) is 0 Å². The number of hydrogen-bond donors (Lipinski definition) is 1. The van der Waals surface area contributed by atoms with E-state index >= 15 is 0 Å². The average Bonchev–Trinajstić information content (AvgIpc) is 2.75. The molecule has 2 rings (SSSR count). The van der Waals surface area contributed by atoms with Crippen molar-refractivity contribution >= 4 is 0 Å². The van der Waals surface area contributed by atoms with Crippen LogP contribution in [-0.2, 0) is 13.2 Å². The van der Waals surface area contributed by atoms with Gasteiger partial charge < -0.3 is 14.6 Å². The maximum atomic E-state index is 13.9. The Bertz CT molecular complexity index is 584. The Kier molecular flexibility index (Phi) is 4.90. The number of nitrogens with zero attached hydrogens (tertiary/aromatic N) is 1. The SMILES string of the molecule is CCNCc1cc(F)c(OCc2c(C)noc2C)c(F)c1. The molecule has 1 aromatic heterocycles. The number of aromatic nitrogens is 1. The number of nitrogens with one attached hydrogen (secondary N) is 1. The highest BCUT2D eigenvalue weighted by atomic mass is 19.1. The van der Waals surface area contributed by atoms with Crippen molar-refractivity contribution in [3.05, 3.63) is 46.3 Å². The quantitative estimate of drug-likeness (QED) is 0.889. The lowest BCUT2D eigenvalue weighted by atomic mass is 10.2. The molecule has 0 saturated carbocycles. The fraction of sp³-hybridized carbons (Fsp3) is 0.400. The van der Waals surface area contributed by atoms with Crippen LogP contribution >= 0.6 is 0 Å². The minimum absolute atomic E-state index is 0.0154. The second-order valence-electron chi connectivity index (χ2n) is 4.76. The summed E-state index contributed by atoms with van der Waals surface area (Å²) >= 11 is 0. The van der Waals surface area contributed by atoms with E-state index < -0.39 is 11.6 Å². The van der Waals surface area contributed by atoms with Crippen molar-refractivity contribution in [1.29, 1.82) is 0 Å². The van der Waals surface area contributed by atoms with Crippen molar-refractivity contribution in [2.75, 3.05) is 6.54 Å². The van der Waals surface area contributed by atoms with Gasteiger partial charge in [-0.15, -0.1) is 0 Å². The molecule has 0 aliphatic heterocycles. The lowest BCUT2D eigenvalue weighted by Gasteiger charge is -2.10. The van der Waals surface area contributed by atoms with E-state index in [1.165, 1.54) is 12.1 Å². The number of halogens is 2. The minimum atomic E-state index is -0.713. The van der Waals surface area contributed by atoms with E-state index in [2.05, 4.69) is 10.5 Å². The van der Waals surface area contributed by atoms with E-state index in [-0.39, 0.29) is 12.4 Å². The van der Waals surface area contributed by atoms with Gasteiger partial charge in [-0.1, -0.05) is 12.1 Å². The Morgan fingerprint density at radius 3 is 2.43 bits per heavy atom. The molecule has 0 atom stereocenters. The summed E-state index contributed by atoms with van der Waals surface area (Å²) < 4.78 is 38.1. The highest BCUT2D eigenvalue weighted by molar-refractivity contribution is 5.32. The summed E-state index contributed by atoms with van der Waals surface area (Å²) in [5.41, 5.74) is 1.89. The van der Waals surface area contributed by atoms with Crippen LogP contribution in [0.25, 0.3) is 0 Å². The molecule has 0 aliphatic rings. The molecule has 0 spiro atoms. The zero-order valence-corrected chi connectivity index (χ0v) is 12.3. The van der Waals surface area contributed by atoms with Crippen LogP contribution in [0.15, 0.2) is 16.7 Å². The number of benzene rings is 1. The second-order valence-corrected chi connectivity index (χ2v) is 4.76. The van der Waals surface area contributed by atoms with Crippen LogP contribution in [-0.4, -0.2) is 11.7 Å². The Balaban J connectivity index is 2.13. The van der Waals surface area contributed by atoms with Crippen molar-refractivity contribution in [1.82, 2.24) is 10.5 Å². The van der Waals surface area contributed by atoms with Crippen LogP contribution < -0.4 is 10.1 Å². The zero-order chi connectivity index (χ0) is 15.4. The van der Waals surface area contributed by atoms with Crippen LogP contribution in [0.4, 0.5) is 8.78 Å². The normalized spacial score (nSPS) is 10.9. The first-order valence-corrected chi connectivity index (χ1v) is 6.76. The Morgan fingerprint density at radius 2 is 1.90 bits per heavy atom. The van der Waals surface area contributed by atoms with Crippen molar-refractivity contribution < 1.29 is 18.0 Å². The highest BCUT2D eigenvalue weighted by Gasteiger charge is 2.15. The molecule has 0 fully saturated rings. The Hall–Kier alpha value is -1.95. The van der Waals surface area contributed by atoms with Gasteiger partial charge >= 0.3 is 0 Å². The Labute approximate surface area is 122 Å².